The molecule has 0 saturated carbocycles. The van der Waals surface area contributed by atoms with Crippen molar-refractivity contribution in [3.8, 4) is 0 Å². The van der Waals surface area contributed by atoms with Crippen LogP contribution in [0.2, 0.25) is 0 Å². The van der Waals surface area contributed by atoms with E-state index in [-0.39, 0.29) is 42.4 Å². The van der Waals surface area contributed by atoms with E-state index in [1.54, 1.807) is 0 Å². The maximum Gasteiger partial charge on any atom is 1.00 e. The number of hydrogen-bond acceptors (Lipinski definition) is 7. The molecular formula is C35H68NaO8P. The second-order valence-corrected chi connectivity index (χ2v) is 13.9. The Bertz CT molecular complexity index is 703. The van der Waals surface area contributed by atoms with Gasteiger partial charge in [-0.2, -0.15) is 0 Å². The van der Waals surface area contributed by atoms with Crippen LogP contribution in [0, 0.1) is 0 Å². The number of rotatable bonds is 34. The van der Waals surface area contributed by atoms with Gasteiger partial charge in [-0.15, -0.1) is 0 Å². The van der Waals surface area contributed by atoms with Crippen LogP contribution in [0.5, 0.6) is 0 Å². The number of aliphatic hydroxyl groups excluding tert-OH is 2. The first-order valence-electron chi connectivity index (χ1n) is 18.3. The smallest absolute Gasteiger partial charge is 0.756 e. The van der Waals surface area contributed by atoms with Gasteiger partial charge in [0.05, 0.1) is 6.61 Å². The number of phosphoric ester groups is 1. The van der Waals surface area contributed by atoms with Crippen molar-refractivity contribution in [2.75, 3.05) is 6.61 Å². The molecule has 0 aromatic heterocycles. The Morgan fingerprint density at radius 2 is 0.844 bits per heavy atom. The van der Waals surface area contributed by atoms with E-state index in [1.165, 1.54) is 103 Å². The Kier molecular flexibility index (Phi) is 33.4. The fourth-order valence-electron chi connectivity index (χ4n) is 5.98. The molecule has 3 N–H and O–H groups in total. The Balaban J connectivity index is 0. The van der Waals surface area contributed by atoms with Crippen molar-refractivity contribution >= 4 is 19.4 Å². The Morgan fingerprint density at radius 3 is 1.07 bits per heavy atom. The fourth-order valence-corrected chi connectivity index (χ4v) is 6.67. The summed E-state index contributed by atoms with van der Waals surface area (Å²) in [6, 6.07) is 0. The van der Waals surface area contributed by atoms with Crippen LogP contribution < -0.4 is 34.5 Å². The van der Waals surface area contributed by atoms with Crippen molar-refractivity contribution < 1.29 is 68.2 Å². The molecule has 0 aliphatic carbocycles. The van der Waals surface area contributed by atoms with E-state index in [0.717, 1.165) is 51.4 Å². The van der Waals surface area contributed by atoms with E-state index >= 15 is 0 Å². The molecule has 10 heteroatoms. The predicted molar refractivity (Wildman–Crippen MR) is 177 cm³/mol. The molecule has 0 radical (unpaired) electrons. The first kappa shape index (κ1) is 47.5. The fraction of sp³-hybridized carbons (Fsp3) is 0.943. The van der Waals surface area contributed by atoms with Crippen molar-refractivity contribution in [3.63, 3.8) is 0 Å². The first-order chi connectivity index (χ1) is 21.2. The summed E-state index contributed by atoms with van der Waals surface area (Å²) in [4.78, 5) is 47.6. The molecule has 8 nitrogen and oxygen atoms in total. The van der Waals surface area contributed by atoms with Gasteiger partial charge in [0.25, 0.3) is 7.82 Å². The average molecular weight is 671 g/mol. The van der Waals surface area contributed by atoms with Gasteiger partial charge in [0, 0.05) is 12.8 Å². The van der Waals surface area contributed by atoms with E-state index in [2.05, 4.69) is 18.4 Å². The van der Waals surface area contributed by atoms with Crippen LogP contribution in [-0.2, 0) is 18.7 Å². The van der Waals surface area contributed by atoms with Gasteiger partial charge in [0.15, 0.2) is 11.6 Å². The number of ketones is 2. The summed E-state index contributed by atoms with van der Waals surface area (Å²) >= 11 is 0. The number of aliphatic hydroxyl groups is 2. The van der Waals surface area contributed by atoms with Gasteiger partial charge in [-0.3, -0.25) is 18.7 Å². The third kappa shape index (κ3) is 25.1. The van der Waals surface area contributed by atoms with E-state index in [9.17, 15) is 34.2 Å². The van der Waals surface area contributed by atoms with Crippen molar-refractivity contribution in [2.45, 2.75) is 205 Å². The Hall–Kier alpha value is 0.370. The molecular weight excluding hydrogens is 602 g/mol. The minimum Gasteiger partial charge on any atom is -0.756 e. The molecule has 0 bridgehead atoms. The Morgan fingerprint density at radius 1 is 0.600 bits per heavy atom. The van der Waals surface area contributed by atoms with Gasteiger partial charge < -0.3 is 20.0 Å². The van der Waals surface area contributed by atoms with Gasteiger partial charge in [-0.1, -0.05) is 168 Å². The number of hydrogen-bond donors (Lipinski definition) is 3. The largest absolute Gasteiger partial charge is 1.00 e. The summed E-state index contributed by atoms with van der Waals surface area (Å²) in [5, 5.41) is 20.1. The van der Waals surface area contributed by atoms with E-state index in [0.29, 0.717) is 12.8 Å². The number of phosphoric acid groups is 1. The van der Waals surface area contributed by atoms with Gasteiger partial charge in [-0.25, -0.2) is 0 Å². The third-order valence-electron chi connectivity index (χ3n) is 8.74. The molecule has 0 fully saturated rings. The SMILES string of the molecule is CCCCCCCCCCCCCCCC(=O)C(OP(=O)([O-])O)(C(=O)CCCCCCCCCCCCCCC)[C@@H](O)CO.[Na+]. The number of carbonyl (C=O) groups is 2. The van der Waals surface area contributed by atoms with Crippen LogP contribution in [0.3, 0.4) is 0 Å². The van der Waals surface area contributed by atoms with E-state index in [1.807, 2.05) is 0 Å². The standard InChI is InChI=1S/C35H69O8P.Na/c1-3-5-7-9-11-13-15-17-19-21-23-25-27-29-32(37)35(34(39)31-36,43-44(40,41)42)33(38)30-28-26-24-22-20-18-16-14-12-10-8-6-4-2;/h34,36,39H,3-31H2,1-2H3,(H2,40,41,42);/q;+1/p-1/t34-;/m0./s1. The molecule has 1 unspecified atom stereocenters. The summed E-state index contributed by atoms with van der Waals surface area (Å²) in [6.45, 7) is 3.40. The van der Waals surface area contributed by atoms with Crippen molar-refractivity contribution in [2.24, 2.45) is 0 Å². The first-order valence-corrected chi connectivity index (χ1v) is 19.7. The van der Waals surface area contributed by atoms with Crippen molar-refractivity contribution in [1.29, 1.82) is 0 Å². The van der Waals surface area contributed by atoms with Crippen LogP contribution in [0.4, 0.5) is 0 Å². The summed E-state index contributed by atoms with van der Waals surface area (Å²) < 4.78 is 16.4. The molecule has 0 rings (SSSR count). The number of unbranched alkanes of at least 4 members (excludes halogenated alkanes) is 24. The quantitative estimate of drug-likeness (QED) is 0.0344. The van der Waals surface area contributed by atoms with Crippen LogP contribution in [0.25, 0.3) is 0 Å². The van der Waals surface area contributed by atoms with Gasteiger partial charge >= 0.3 is 29.6 Å². The maximum atomic E-state index is 13.2. The molecule has 0 aromatic carbocycles. The van der Waals surface area contributed by atoms with Crippen LogP contribution in [-0.4, -0.2) is 45.0 Å². The molecule has 0 spiro atoms. The van der Waals surface area contributed by atoms with E-state index < -0.39 is 37.7 Å². The van der Waals surface area contributed by atoms with Crippen molar-refractivity contribution in [1.82, 2.24) is 0 Å². The third-order valence-corrected chi connectivity index (χ3v) is 9.26. The van der Waals surface area contributed by atoms with Gasteiger partial charge in [-0.05, 0) is 12.8 Å². The summed E-state index contributed by atoms with van der Waals surface area (Å²) in [5.74, 6) is -1.82. The summed E-state index contributed by atoms with van der Waals surface area (Å²) in [5.41, 5.74) is -2.81. The summed E-state index contributed by atoms with van der Waals surface area (Å²) in [6.07, 6.45) is 26.4. The minimum atomic E-state index is -5.57. The average Bonchev–Trinajstić information content (AvgIpc) is 2.99. The van der Waals surface area contributed by atoms with E-state index in [4.69, 9.17) is 0 Å². The normalized spacial score (nSPS) is 13.7. The minimum absolute atomic E-state index is 0. The maximum absolute atomic E-state index is 13.2. The zero-order valence-corrected chi connectivity index (χ0v) is 32.3. The zero-order valence-electron chi connectivity index (χ0n) is 29.4. The molecule has 0 aromatic rings. The number of Topliss-reactive ketones (excluding diaryl/α,β-unsaturated/α-hetero) is 2. The topological polar surface area (TPSA) is 144 Å². The van der Waals surface area contributed by atoms with Crippen LogP contribution >= 0.6 is 7.82 Å². The zero-order chi connectivity index (χ0) is 32.9. The number of carbonyl (C=O) groups excluding carboxylic acids is 2. The molecule has 2 atom stereocenters. The molecule has 0 aliphatic heterocycles. The molecule has 262 valence electrons. The molecule has 0 aliphatic rings. The van der Waals surface area contributed by atoms with Gasteiger partial charge in [0.2, 0.25) is 5.60 Å². The molecule has 0 saturated heterocycles. The molecule has 0 amide bonds. The van der Waals surface area contributed by atoms with Gasteiger partial charge in [0.1, 0.15) is 6.10 Å². The van der Waals surface area contributed by atoms with Crippen LogP contribution in [0.15, 0.2) is 0 Å². The second kappa shape index (κ2) is 31.6. The Labute approximate surface area is 298 Å². The van der Waals surface area contributed by atoms with Crippen molar-refractivity contribution in [3.05, 3.63) is 0 Å². The summed E-state index contributed by atoms with van der Waals surface area (Å²) in [7, 11) is -5.57. The molecule has 0 heterocycles. The monoisotopic (exact) mass is 670 g/mol. The molecule has 45 heavy (non-hydrogen) atoms. The van der Waals surface area contributed by atoms with Crippen LogP contribution in [0.1, 0.15) is 194 Å². The second-order valence-electron chi connectivity index (χ2n) is 12.8. The predicted octanol–water partition coefficient (Wildman–Crippen LogP) is 5.66.